The maximum absolute atomic E-state index is 12.5. The van der Waals surface area contributed by atoms with Gasteiger partial charge in [-0.05, 0) is 24.7 Å². The van der Waals surface area contributed by atoms with Crippen LogP contribution in [0.15, 0.2) is 29.3 Å². The Morgan fingerprint density at radius 2 is 2.04 bits per heavy atom. The minimum absolute atomic E-state index is 0.140. The normalized spacial score (nSPS) is 17.2. The number of hydrogen-bond acceptors (Lipinski definition) is 4. The molecule has 2 N–H and O–H groups in total. The maximum atomic E-state index is 12.5. The molecule has 0 bridgehead atoms. The Morgan fingerprint density at radius 3 is 2.69 bits per heavy atom. The van der Waals surface area contributed by atoms with E-state index in [0.29, 0.717) is 18.1 Å². The fourth-order valence-corrected chi connectivity index (χ4v) is 4.17. The van der Waals surface area contributed by atoms with Gasteiger partial charge < -0.3 is 20.1 Å². The summed E-state index contributed by atoms with van der Waals surface area (Å²) in [6.45, 7) is 2.00. The van der Waals surface area contributed by atoms with Crippen molar-refractivity contribution in [2.75, 3.05) is 32.6 Å². The largest absolute Gasteiger partial charge is 0.434 e. The van der Waals surface area contributed by atoms with Crippen molar-refractivity contribution >= 4 is 17.7 Å². The van der Waals surface area contributed by atoms with E-state index in [2.05, 4.69) is 27.3 Å². The zero-order valence-corrected chi connectivity index (χ0v) is 16.1. The van der Waals surface area contributed by atoms with Crippen LogP contribution in [0, 0.1) is 0 Å². The summed E-state index contributed by atoms with van der Waals surface area (Å²) >= 11 is 1.95. The van der Waals surface area contributed by atoms with Crippen molar-refractivity contribution in [2.45, 2.75) is 37.7 Å². The molecule has 5 nitrogen and oxygen atoms in total. The molecule has 2 rings (SSSR count). The number of nitrogens with one attached hydrogen (secondary N) is 2. The number of thioether (sulfide) groups is 1. The standard InChI is InChI=1S/C18H27F2N3O2S/c1-3-26-18(8-10-24-11-9-18)13-23-17(21-2)22-12-14-6-4-5-7-15(14)25-16(19)20/h4-7,16H,3,8-13H2,1-2H3,(H2,21,22,23). The number of benzene rings is 1. The lowest BCUT2D eigenvalue weighted by Gasteiger charge is -2.37. The molecule has 1 heterocycles. The van der Waals surface area contributed by atoms with Crippen LogP contribution in [0.5, 0.6) is 5.75 Å². The highest BCUT2D eigenvalue weighted by Crippen LogP contribution is 2.34. The van der Waals surface area contributed by atoms with Crippen molar-refractivity contribution in [3.63, 3.8) is 0 Å². The summed E-state index contributed by atoms with van der Waals surface area (Å²) in [5.41, 5.74) is 0.652. The number of aliphatic imine (C=N–C) groups is 1. The van der Waals surface area contributed by atoms with Gasteiger partial charge in [0.15, 0.2) is 5.96 Å². The molecule has 0 radical (unpaired) electrons. The molecule has 0 aliphatic carbocycles. The predicted octanol–water partition coefficient (Wildman–Crippen LogP) is 3.26. The van der Waals surface area contributed by atoms with Crippen LogP contribution < -0.4 is 15.4 Å². The molecule has 0 aromatic heterocycles. The van der Waals surface area contributed by atoms with Gasteiger partial charge in [-0.25, -0.2) is 0 Å². The monoisotopic (exact) mass is 387 g/mol. The number of ether oxygens (including phenoxy) is 2. The topological polar surface area (TPSA) is 54.9 Å². The second-order valence-corrected chi connectivity index (χ2v) is 7.73. The number of guanidine groups is 1. The van der Waals surface area contributed by atoms with Crippen LogP contribution in [0.2, 0.25) is 0 Å². The van der Waals surface area contributed by atoms with Crippen LogP contribution in [-0.2, 0) is 11.3 Å². The molecule has 146 valence electrons. The summed E-state index contributed by atoms with van der Waals surface area (Å²) in [4.78, 5) is 4.23. The summed E-state index contributed by atoms with van der Waals surface area (Å²) in [6, 6.07) is 6.75. The van der Waals surface area contributed by atoms with E-state index in [9.17, 15) is 8.78 Å². The predicted molar refractivity (Wildman–Crippen MR) is 102 cm³/mol. The van der Waals surface area contributed by atoms with E-state index in [0.717, 1.165) is 38.4 Å². The van der Waals surface area contributed by atoms with Crippen molar-refractivity contribution in [1.29, 1.82) is 0 Å². The number of alkyl halides is 2. The molecule has 8 heteroatoms. The maximum Gasteiger partial charge on any atom is 0.387 e. The van der Waals surface area contributed by atoms with E-state index in [1.807, 2.05) is 11.8 Å². The van der Waals surface area contributed by atoms with Gasteiger partial charge in [-0.2, -0.15) is 20.5 Å². The van der Waals surface area contributed by atoms with Crippen molar-refractivity contribution in [2.24, 2.45) is 4.99 Å². The fourth-order valence-electron chi connectivity index (χ4n) is 2.93. The Hall–Kier alpha value is -1.54. The Balaban J connectivity index is 1.92. The molecule has 0 atom stereocenters. The van der Waals surface area contributed by atoms with E-state index in [1.165, 1.54) is 6.07 Å². The first kappa shape index (κ1) is 20.8. The molecule has 1 aliphatic heterocycles. The SMILES string of the molecule is CCSC1(CNC(=NC)NCc2ccccc2OC(F)F)CCOCC1. The Morgan fingerprint density at radius 1 is 1.31 bits per heavy atom. The van der Waals surface area contributed by atoms with E-state index in [-0.39, 0.29) is 10.5 Å². The zero-order chi connectivity index (χ0) is 18.8. The van der Waals surface area contributed by atoms with Crippen molar-refractivity contribution < 1.29 is 18.3 Å². The van der Waals surface area contributed by atoms with Crippen LogP contribution >= 0.6 is 11.8 Å². The highest BCUT2D eigenvalue weighted by molar-refractivity contribution is 8.00. The van der Waals surface area contributed by atoms with Gasteiger partial charge in [-0.3, -0.25) is 4.99 Å². The van der Waals surface area contributed by atoms with Crippen molar-refractivity contribution in [3.05, 3.63) is 29.8 Å². The molecule has 1 aromatic rings. The molecular weight excluding hydrogens is 360 g/mol. The van der Waals surface area contributed by atoms with Crippen LogP contribution in [0.25, 0.3) is 0 Å². The molecule has 0 spiro atoms. The summed E-state index contributed by atoms with van der Waals surface area (Å²) < 4.78 is 35.2. The summed E-state index contributed by atoms with van der Waals surface area (Å²) in [7, 11) is 1.69. The van der Waals surface area contributed by atoms with Crippen LogP contribution in [-0.4, -0.2) is 49.9 Å². The average molecular weight is 387 g/mol. The van der Waals surface area contributed by atoms with Gasteiger partial charge >= 0.3 is 6.61 Å². The Kier molecular flexibility index (Phi) is 8.44. The first-order chi connectivity index (χ1) is 12.6. The minimum atomic E-state index is -2.84. The molecule has 1 aromatic carbocycles. The van der Waals surface area contributed by atoms with Crippen molar-refractivity contribution in [3.8, 4) is 5.75 Å². The van der Waals surface area contributed by atoms with E-state index in [4.69, 9.17) is 4.74 Å². The summed E-state index contributed by atoms with van der Waals surface area (Å²) in [6.07, 6.45) is 2.00. The molecule has 1 fully saturated rings. The number of nitrogens with zero attached hydrogens (tertiary/aromatic N) is 1. The molecule has 0 unspecified atom stereocenters. The van der Waals surface area contributed by atoms with E-state index >= 15 is 0 Å². The first-order valence-corrected chi connectivity index (χ1v) is 9.76. The molecule has 1 saturated heterocycles. The van der Waals surface area contributed by atoms with E-state index in [1.54, 1.807) is 25.2 Å². The highest BCUT2D eigenvalue weighted by atomic mass is 32.2. The van der Waals surface area contributed by atoms with Gasteiger partial charge in [-0.1, -0.05) is 25.1 Å². The lowest BCUT2D eigenvalue weighted by molar-refractivity contribution is -0.0504. The van der Waals surface area contributed by atoms with Crippen molar-refractivity contribution in [1.82, 2.24) is 10.6 Å². The van der Waals surface area contributed by atoms with Crippen LogP contribution in [0.1, 0.15) is 25.3 Å². The van der Waals surface area contributed by atoms with Gasteiger partial charge in [-0.15, -0.1) is 0 Å². The Labute approximate surface area is 157 Å². The quantitative estimate of drug-likeness (QED) is 0.530. The zero-order valence-electron chi connectivity index (χ0n) is 15.3. The summed E-state index contributed by atoms with van der Waals surface area (Å²) in [5, 5.41) is 6.54. The van der Waals surface area contributed by atoms with Gasteiger partial charge in [0.2, 0.25) is 0 Å². The first-order valence-electron chi connectivity index (χ1n) is 8.77. The smallest absolute Gasteiger partial charge is 0.387 e. The Bertz CT molecular complexity index is 576. The third kappa shape index (κ3) is 6.32. The fraction of sp³-hybridized carbons (Fsp3) is 0.611. The molecule has 0 saturated carbocycles. The van der Waals surface area contributed by atoms with Gasteiger partial charge in [0.25, 0.3) is 0 Å². The lowest BCUT2D eigenvalue weighted by atomic mass is 9.99. The minimum Gasteiger partial charge on any atom is -0.434 e. The molecule has 26 heavy (non-hydrogen) atoms. The molecular formula is C18H27F2N3O2S. The van der Waals surface area contributed by atoms with Gasteiger partial charge in [0.05, 0.1) is 0 Å². The van der Waals surface area contributed by atoms with Crippen LogP contribution in [0.3, 0.4) is 0 Å². The second-order valence-electron chi connectivity index (χ2n) is 5.99. The number of para-hydroxylation sites is 1. The number of halogens is 2. The average Bonchev–Trinajstić information content (AvgIpc) is 2.63. The summed E-state index contributed by atoms with van der Waals surface area (Å²) in [5.74, 6) is 1.86. The van der Waals surface area contributed by atoms with Crippen LogP contribution in [0.4, 0.5) is 8.78 Å². The van der Waals surface area contributed by atoms with Gasteiger partial charge in [0, 0.05) is 43.7 Å². The third-order valence-corrected chi connectivity index (χ3v) is 5.74. The highest BCUT2D eigenvalue weighted by Gasteiger charge is 2.32. The third-order valence-electron chi connectivity index (χ3n) is 4.29. The van der Waals surface area contributed by atoms with E-state index < -0.39 is 6.61 Å². The second kappa shape index (κ2) is 10.6. The van der Waals surface area contributed by atoms with Gasteiger partial charge in [0.1, 0.15) is 5.75 Å². The molecule has 0 amide bonds. The number of hydrogen-bond donors (Lipinski definition) is 2. The lowest BCUT2D eigenvalue weighted by Crippen LogP contribution is -2.48. The number of rotatable bonds is 8. The molecule has 1 aliphatic rings.